The zero-order valence-electron chi connectivity index (χ0n) is 16.7. The summed E-state index contributed by atoms with van der Waals surface area (Å²) in [7, 11) is -3.75. The first-order valence-electron chi connectivity index (χ1n) is 9.55. The van der Waals surface area contributed by atoms with Gasteiger partial charge < -0.3 is 5.32 Å². The number of nitro benzene ring substituents is 1. The molecule has 3 rings (SSSR count). The third-order valence-corrected chi connectivity index (χ3v) is 7.71. The molecule has 1 fully saturated rings. The van der Waals surface area contributed by atoms with Crippen LogP contribution in [-0.4, -0.2) is 36.6 Å². The van der Waals surface area contributed by atoms with Crippen molar-refractivity contribution in [3.8, 4) is 0 Å². The van der Waals surface area contributed by atoms with Crippen LogP contribution in [0.25, 0.3) is 0 Å². The van der Waals surface area contributed by atoms with Crippen molar-refractivity contribution >= 4 is 50.5 Å². The molecule has 1 atom stereocenters. The van der Waals surface area contributed by atoms with E-state index >= 15 is 0 Å². The Morgan fingerprint density at radius 3 is 2.58 bits per heavy atom. The van der Waals surface area contributed by atoms with Crippen LogP contribution in [0.15, 0.2) is 36.4 Å². The van der Waals surface area contributed by atoms with Crippen LogP contribution in [0.5, 0.6) is 0 Å². The molecular weight excluding hydrogens is 465 g/mol. The van der Waals surface area contributed by atoms with Gasteiger partial charge >= 0.3 is 0 Å². The molecule has 0 aromatic heterocycles. The van der Waals surface area contributed by atoms with E-state index in [0.717, 1.165) is 0 Å². The van der Waals surface area contributed by atoms with Crippen molar-refractivity contribution in [3.05, 3.63) is 67.7 Å². The number of nitrogens with zero attached hydrogens (tertiary/aromatic N) is 2. The van der Waals surface area contributed by atoms with Gasteiger partial charge in [0.15, 0.2) is 0 Å². The van der Waals surface area contributed by atoms with E-state index < -0.39 is 20.9 Å². The zero-order chi connectivity index (χ0) is 22.8. The molecule has 1 amide bonds. The predicted molar refractivity (Wildman–Crippen MR) is 120 cm³/mol. The van der Waals surface area contributed by atoms with Gasteiger partial charge in [-0.1, -0.05) is 35.3 Å². The number of non-ortho nitro benzene ring substituents is 1. The molecule has 2 aromatic rings. The third-order valence-electron chi connectivity index (χ3n) is 5.23. The van der Waals surface area contributed by atoms with Crippen molar-refractivity contribution in [3.63, 3.8) is 0 Å². The van der Waals surface area contributed by atoms with E-state index in [9.17, 15) is 23.3 Å². The van der Waals surface area contributed by atoms with E-state index in [1.807, 2.05) is 0 Å². The van der Waals surface area contributed by atoms with Gasteiger partial charge in [0, 0.05) is 40.8 Å². The van der Waals surface area contributed by atoms with E-state index in [2.05, 4.69) is 5.32 Å². The highest BCUT2D eigenvalue weighted by Crippen LogP contribution is 2.29. The van der Waals surface area contributed by atoms with Crippen LogP contribution in [0.1, 0.15) is 24.0 Å². The molecule has 1 aliphatic rings. The summed E-state index contributed by atoms with van der Waals surface area (Å²) in [5.41, 5.74) is 1.20. The number of amides is 1. The summed E-state index contributed by atoms with van der Waals surface area (Å²) in [5, 5.41) is 14.2. The van der Waals surface area contributed by atoms with Gasteiger partial charge in [-0.3, -0.25) is 14.9 Å². The number of benzene rings is 2. The Morgan fingerprint density at radius 2 is 1.94 bits per heavy atom. The largest absolute Gasteiger partial charge is 0.325 e. The van der Waals surface area contributed by atoms with Crippen LogP contribution in [0.3, 0.4) is 0 Å². The summed E-state index contributed by atoms with van der Waals surface area (Å²) in [5.74, 6) is -1.31. The number of piperidine rings is 1. The second-order valence-electron chi connectivity index (χ2n) is 7.40. The Hall–Kier alpha value is -2.20. The van der Waals surface area contributed by atoms with Crippen LogP contribution >= 0.6 is 23.2 Å². The van der Waals surface area contributed by atoms with Crippen molar-refractivity contribution in [1.82, 2.24) is 4.31 Å². The molecule has 1 unspecified atom stereocenters. The average Bonchev–Trinajstić information content (AvgIpc) is 2.72. The SMILES string of the molecule is Cc1ccc([N+](=O)[O-])cc1NC(=O)C1CCCN(S(=O)(=O)Cc2c(Cl)cccc2Cl)C1. The fourth-order valence-corrected chi connectivity index (χ4v) is 5.81. The third kappa shape index (κ3) is 5.54. The van der Waals surface area contributed by atoms with E-state index in [0.29, 0.717) is 36.2 Å². The minimum atomic E-state index is -3.75. The minimum Gasteiger partial charge on any atom is -0.325 e. The normalized spacial score (nSPS) is 17.3. The maximum Gasteiger partial charge on any atom is 0.271 e. The van der Waals surface area contributed by atoms with E-state index in [4.69, 9.17) is 23.2 Å². The molecule has 1 saturated heterocycles. The molecule has 1 N–H and O–H groups in total. The number of hydrogen-bond acceptors (Lipinski definition) is 5. The molecule has 11 heteroatoms. The second-order valence-corrected chi connectivity index (χ2v) is 10.2. The number of rotatable bonds is 6. The summed E-state index contributed by atoms with van der Waals surface area (Å²) < 4.78 is 27.2. The van der Waals surface area contributed by atoms with Crippen LogP contribution in [0.4, 0.5) is 11.4 Å². The highest BCUT2D eigenvalue weighted by Gasteiger charge is 2.33. The van der Waals surface area contributed by atoms with Gasteiger partial charge in [-0.15, -0.1) is 0 Å². The Morgan fingerprint density at radius 1 is 1.26 bits per heavy atom. The van der Waals surface area contributed by atoms with Crippen molar-refractivity contribution in [2.75, 3.05) is 18.4 Å². The maximum absolute atomic E-state index is 13.0. The highest BCUT2D eigenvalue weighted by atomic mass is 35.5. The van der Waals surface area contributed by atoms with Gasteiger partial charge in [-0.25, -0.2) is 12.7 Å². The number of aryl methyl sites for hydroxylation is 1. The molecule has 2 aromatic carbocycles. The second kappa shape index (κ2) is 9.52. The molecule has 166 valence electrons. The highest BCUT2D eigenvalue weighted by molar-refractivity contribution is 7.88. The number of nitro groups is 1. The lowest BCUT2D eigenvalue weighted by Gasteiger charge is -2.31. The topological polar surface area (TPSA) is 110 Å². The van der Waals surface area contributed by atoms with Crippen LogP contribution in [-0.2, 0) is 20.6 Å². The van der Waals surface area contributed by atoms with Crippen molar-refractivity contribution < 1.29 is 18.1 Å². The smallest absolute Gasteiger partial charge is 0.271 e. The van der Waals surface area contributed by atoms with E-state index in [1.165, 1.54) is 16.4 Å². The van der Waals surface area contributed by atoms with Gasteiger partial charge in [0.2, 0.25) is 15.9 Å². The number of nitrogens with one attached hydrogen (secondary N) is 1. The monoisotopic (exact) mass is 485 g/mol. The number of halogens is 2. The summed E-state index contributed by atoms with van der Waals surface area (Å²) in [6.07, 6.45) is 1.03. The quantitative estimate of drug-likeness (QED) is 0.481. The van der Waals surface area contributed by atoms with Crippen molar-refractivity contribution in [2.45, 2.75) is 25.5 Å². The van der Waals surface area contributed by atoms with Crippen molar-refractivity contribution in [1.29, 1.82) is 0 Å². The summed E-state index contributed by atoms with van der Waals surface area (Å²) in [6, 6.07) is 9.00. The predicted octanol–water partition coefficient (Wildman–Crippen LogP) is 4.39. The Balaban J connectivity index is 1.73. The van der Waals surface area contributed by atoms with E-state index in [1.54, 1.807) is 31.2 Å². The maximum atomic E-state index is 13.0. The lowest BCUT2D eigenvalue weighted by molar-refractivity contribution is -0.384. The molecule has 31 heavy (non-hydrogen) atoms. The standard InChI is InChI=1S/C20H21Cl2N3O5S/c1-13-7-8-15(25(27)28)10-19(13)23-20(26)14-4-3-9-24(11-14)31(29,30)12-16-17(21)5-2-6-18(16)22/h2,5-8,10,14H,3-4,9,11-12H2,1H3,(H,23,26). The van der Waals surface area contributed by atoms with E-state index in [-0.39, 0.29) is 33.9 Å². The summed E-state index contributed by atoms with van der Waals surface area (Å²) >= 11 is 12.2. The first-order chi connectivity index (χ1) is 14.6. The van der Waals surface area contributed by atoms with Crippen LogP contribution in [0.2, 0.25) is 10.0 Å². The molecule has 0 spiro atoms. The lowest BCUT2D eigenvalue weighted by atomic mass is 9.98. The average molecular weight is 486 g/mol. The first kappa shape index (κ1) is 23.5. The number of hydrogen-bond donors (Lipinski definition) is 1. The molecular formula is C20H21Cl2N3O5S. The number of sulfonamides is 1. The van der Waals surface area contributed by atoms with Gasteiger partial charge in [-0.2, -0.15) is 0 Å². The van der Waals surface area contributed by atoms with Gasteiger partial charge in [0.1, 0.15) is 0 Å². The van der Waals surface area contributed by atoms with Gasteiger partial charge in [-0.05, 0) is 37.5 Å². The first-order valence-corrected chi connectivity index (χ1v) is 11.9. The fourth-order valence-electron chi connectivity index (χ4n) is 3.45. The molecule has 1 heterocycles. The lowest BCUT2D eigenvalue weighted by Crippen LogP contribution is -2.44. The van der Waals surface area contributed by atoms with Gasteiger partial charge in [0.05, 0.1) is 22.3 Å². The molecule has 0 aliphatic carbocycles. The Bertz CT molecular complexity index is 1100. The van der Waals surface area contributed by atoms with Crippen molar-refractivity contribution in [2.24, 2.45) is 5.92 Å². The minimum absolute atomic E-state index is 0.0181. The van der Waals surface area contributed by atoms with Crippen LogP contribution in [0, 0.1) is 23.0 Å². The summed E-state index contributed by atoms with van der Waals surface area (Å²) in [4.78, 5) is 23.3. The Labute approximate surface area is 190 Å². The summed E-state index contributed by atoms with van der Waals surface area (Å²) in [6.45, 7) is 2.04. The molecule has 8 nitrogen and oxygen atoms in total. The number of carbonyl (C=O) groups excluding carboxylic acids is 1. The zero-order valence-corrected chi connectivity index (χ0v) is 19.0. The molecule has 1 aliphatic heterocycles. The molecule has 0 saturated carbocycles. The molecule has 0 bridgehead atoms. The van der Waals surface area contributed by atoms with Gasteiger partial charge in [0.25, 0.3) is 5.69 Å². The Kier molecular flexibility index (Phi) is 7.20. The fraction of sp³-hybridized carbons (Fsp3) is 0.350. The van der Waals surface area contributed by atoms with Crippen LogP contribution < -0.4 is 5.32 Å². The number of anilines is 1. The molecule has 0 radical (unpaired) electrons. The number of carbonyl (C=O) groups is 1.